The second-order valence-corrected chi connectivity index (χ2v) is 6.24. The topological polar surface area (TPSA) is 69.6 Å². The zero-order valence-corrected chi connectivity index (χ0v) is 13.0. The molecule has 2 N–H and O–H groups in total. The number of nitrogens with zero attached hydrogens (tertiary/aromatic N) is 1. The van der Waals surface area contributed by atoms with Crippen molar-refractivity contribution in [1.29, 1.82) is 0 Å². The first-order chi connectivity index (χ1) is 10.6. The fraction of sp³-hybridized carbons (Fsp3) is 0.500. The summed E-state index contributed by atoms with van der Waals surface area (Å²) in [5.74, 6) is 0.701. The minimum Gasteiger partial charge on any atom is -0.465 e. The van der Waals surface area contributed by atoms with Crippen LogP contribution in [0.3, 0.4) is 0 Å². The molecule has 0 spiro atoms. The van der Waals surface area contributed by atoms with Gasteiger partial charge >= 0.3 is 6.09 Å². The first kappa shape index (κ1) is 15.2. The predicted octanol–water partition coefficient (Wildman–Crippen LogP) is 3.15. The molecular formula is C16H19ClN2O3. The smallest absolute Gasteiger partial charge is 0.407 e. The molecule has 5 nitrogen and oxygen atoms in total. The van der Waals surface area contributed by atoms with Crippen molar-refractivity contribution in [2.24, 2.45) is 0 Å². The van der Waals surface area contributed by atoms with E-state index in [-0.39, 0.29) is 17.7 Å². The maximum absolute atomic E-state index is 12.3. The highest BCUT2D eigenvalue weighted by Gasteiger charge is 2.39. The van der Waals surface area contributed by atoms with Crippen LogP contribution in [0.5, 0.6) is 0 Å². The van der Waals surface area contributed by atoms with Crippen molar-refractivity contribution in [2.45, 2.75) is 31.2 Å². The van der Waals surface area contributed by atoms with E-state index in [9.17, 15) is 14.7 Å². The molecule has 0 radical (unpaired) electrons. The first-order valence-corrected chi connectivity index (χ1v) is 8.11. The molecule has 2 atom stereocenters. The fourth-order valence-corrected chi connectivity index (χ4v) is 3.57. The standard InChI is InChI=1S/C16H19ClN2O3/c17-7-2-5-14(20)11-4-1-3-10-12-9-19(16(21)22)8-6-13(12)18-15(10)11/h1,3-4,12-13,18H,2,5-9H2,(H,21,22)/t12-,13-/m0/s1. The largest absolute Gasteiger partial charge is 0.465 e. The maximum atomic E-state index is 12.3. The van der Waals surface area contributed by atoms with E-state index in [1.54, 1.807) is 0 Å². The van der Waals surface area contributed by atoms with E-state index >= 15 is 0 Å². The molecule has 1 saturated heterocycles. The molecule has 22 heavy (non-hydrogen) atoms. The Bertz CT molecular complexity index is 605. The maximum Gasteiger partial charge on any atom is 0.407 e. The van der Waals surface area contributed by atoms with Crippen LogP contribution in [-0.4, -0.2) is 46.9 Å². The zero-order valence-electron chi connectivity index (χ0n) is 12.2. The summed E-state index contributed by atoms with van der Waals surface area (Å²) in [7, 11) is 0. The van der Waals surface area contributed by atoms with Crippen LogP contribution >= 0.6 is 11.6 Å². The second kappa shape index (κ2) is 6.16. The Hall–Kier alpha value is -1.75. The van der Waals surface area contributed by atoms with Gasteiger partial charge in [-0.25, -0.2) is 4.79 Å². The molecule has 0 bridgehead atoms. The summed E-state index contributed by atoms with van der Waals surface area (Å²) >= 11 is 5.67. The first-order valence-electron chi connectivity index (χ1n) is 7.58. The Labute approximate surface area is 134 Å². The van der Waals surface area contributed by atoms with Crippen molar-refractivity contribution < 1.29 is 14.7 Å². The van der Waals surface area contributed by atoms with Crippen LogP contribution in [0.25, 0.3) is 0 Å². The Morgan fingerprint density at radius 3 is 2.95 bits per heavy atom. The number of carbonyl (C=O) groups excluding carboxylic acids is 1. The van der Waals surface area contributed by atoms with E-state index in [1.165, 1.54) is 4.90 Å². The molecular weight excluding hydrogens is 304 g/mol. The van der Waals surface area contributed by atoms with Crippen LogP contribution in [-0.2, 0) is 0 Å². The summed E-state index contributed by atoms with van der Waals surface area (Å²) in [4.78, 5) is 25.0. The third kappa shape index (κ3) is 2.65. The Kier molecular flexibility index (Phi) is 4.25. The third-order valence-corrected chi connectivity index (χ3v) is 4.81. The fourth-order valence-electron chi connectivity index (χ4n) is 3.43. The molecule has 3 rings (SSSR count). The lowest BCUT2D eigenvalue weighted by molar-refractivity contribution is 0.0982. The van der Waals surface area contributed by atoms with Gasteiger partial charge in [-0.3, -0.25) is 4.79 Å². The highest BCUT2D eigenvalue weighted by Crippen LogP contribution is 2.42. The van der Waals surface area contributed by atoms with Crippen molar-refractivity contribution in [1.82, 2.24) is 4.90 Å². The summed E-state index contributed by atoms with van der Waals surface area (Å²) < 4.78 is 0. The van der Waals surface area contributed by atoms with Gasteiger partial charge in [0.2, 0.25) is 0 Å². The lowest BCUT2D eigenvalue weighted by Crippen LogP contribution is -2.44. The van der Waals surface area contributed by atoms with E-state index in [2.05, 4.69) is 5.32 Å². The second-order valence-electron chi connectivity index (χ2n) is 5.86. The SMILES string of the molecule is O=C(CCCCl)c1cccc2c1N[C@H]1CCN(C(=O)O)C[C@@H]21. The van der Waals surface area contributed by atoms with Gasteiger partial charge in [-0.1, -0.05) is 12.1 Å². The van der Waals surface area contributed by atoms with Gasteiger partial charge in [0.25, 0.3) is 0 Å². The van der Waals surface area contributed by atoms with Gasteiger partial charge in [-0.05, 0) is 24.5 Å². The quantitative estimate of drug-likeness (QED) is 0.660. The van der Waals surface area contributed by atoms with Crippen LogP contribution in [0.4, 0.5) is 10.5 Å². The van der Waals surface area contributed by atoms with Gasteiger partial charge in [0.15, 0.2) is 5.78 Å². The number of amides is 1. The van der Waals surface area contributed by atoms with E-state index in [0.29, 0.717) is 37.4 Å². The average molecular weight is 323 g/mol. The number of piperidine rings is 1. The number of carboxylic acid groups (broad SMARTS) is 1. The number of halogens is 1. The van der Waals surface area contributed by atoms with Gasteiger partial charge in [-0.15, -0.1) is 11.6 Å². The summed E-state index contributed by atoms with van der Waals surface area (Å²) in [6.07, 6.45) is 1.00. The molecule has 0 saturated carbocycles. The molecule has 0 aromatic heterocycles. The van der Waals surface area contributed by atoms with E-state index in [0.717, 1.165) is 17.7 Å². The normalized spacial score (nSPS) is 22.7. The Balaban J connectivity index is 1.86. The van der Waals surface area contributed by atoms with E-state index < -0.39 is 6.09 Å². The number of rotatable bonds is 4. The van der Waals surface area contributed by atoms with Gasteiger partial charge < -0.3 is 15.3 Å². The van der Waals surface area contributed by atoms with E-state index in [1.807, 2.05) is 18.2 Å². The number of nitrogens with one attached hydrogen (secondary N) is 1. The Morgan fingerprint density at radius 2 is 2.23 bits per heavy atom. The molecule has 2 aliphatic rings. The molecule has 0 aliphatic carbocycles. The van der Waals surface area contributed by atoms with Crippen LogP contribution in [0.1, 0.15) is 41.1 Å². The zero-order chi connectivity index (χ0) is 15.7. The van der Waals surface area contributed by atoms with Crippen molar-refractivity contribution >= 4 is 29.2 Å². The van der Waals surface area contributed by atoms with Crippen molar-refractivity contribution in [3.05, 3.63) is 29.3 Å². The third-order valence-electron chi connectivity index (χ3n) is 4.55. The number of anilines is 1. The van der Waals surface area contributed by atoms with Crippen molar-refractivity contribution in [2.75, 3.05) is 24.3 Å². The molecule has 1 amide bonds. The van der Waals surface area contributed by atoms with Crippen LogP contribution in [0.2, 0.25) is 0 Å². The summed E-state index contributed by atoms with van der Waals surface area (Å²) in [5.41, 5.74) is 2.66. The molecule has 2 aliphatic heterocycles. The van der Waals surface area contributed by atoms with Crippen LogP contribution < -0.4 is 5.32 Å². The number of hydrogen-bond donors (Lipinski definition) is 2. The molecule has 1 fully saturated rings. The number of benzene rings is 1. The number of hydrogen-bond acceptors (Lipinski definition) is 3. The van der Waals surface area contributed by atoms with Crippen LogP contribution in [0.15, 0.2) is 18.2 Å². The average Bonchev–Trinajstić information content (AvgIpc) is 2.90. The monoisotopic (exact) mass is 322 g/mol. The lowest BCUT2D eigenvalue weighted by atomic mass is 9.88. The Morgan fingerprint density at radius 1 is 1.41 bits per heavy atom. The molecule has 118 valence electrons. The van der Waals surface area contributed by atoms with Gasteiger partial charge in [0.1, 0.15) is 0 Å². The molecule has 1 aromatic carbocycles. The number of ketones is 1. The highest BCUT2D eigenvalue weighted by molar-refractivity contribution is 6.18. The van der Waals surface area contributed by atoms with Gasteiger partial charge in [0.05, 0.1) is 0 Å². The highest BCUT2D eigenvalue weighted by atomic mass is 35.5. The molecule has 6 heteroatoms. The molecule has 2 heterocycles. The minimum absolute atomic E-state index is 0.0961. The summed E-state index contributed by atoms with van der Waals surface area (Å²) in [6, 6.07) is 5.94. The van der Waals surface area contributed by atoms with Gasteiger partial charge in [0, 0.05) is 48.6 Å². The summed E-state index contributed by atoms with van der Waals surface area (Å²) in [6.45, 7) is 1.02. The number of Topliss-reactive ketones (excluding diaryl/α,β-unsaturated/α-hetero) is 1. The van der Waals surface area contributed by atoms with Crippen molar-refractivity contribution in [3.8, 4) is 0 Å². The number of carbonyl (C=O) groups is 2. The number of likely N-dealkylation sites (tertiary alicyclic amines) is 1. The van der Waals surface area contributed by atoms with Crippen molar-refractivity contribution in [3.63, 3.8) is 0 Å². The number of fused-ring (bicyclic) bond motifs is 3. The minimum atomic E-state index is -0.874. The van der Waals surface area contributed by atoms with Crippen LogP contribution in [0, 0.1) is 0 Å². The molecule has 1 aromatic rings. The summed E-state index contributed by atoms with van der Waals surface area (Å²) in [5, 5.41) is 12.6. The number of para-hydroxylation sites is 1. The molecule has 0 unspecified atom stereocenters. The van der Waals surface area contributed by atoms with Gasteiger partial charge in [-0.2, -0.15) is 0 Å². The number of alkyl halides is 1. The van der Waals surface area contributed by atoms with E-state index in [4.69, 9.17) is 11.6 Å². The lowest BCUT2D eigenvalue weighted by Gasteiger charge is -2.33. The predicted molar refractivity (Wildman–Crippen MR) is 85.1 cm³/mol.